The lowest BCUT2D eigenvalue weighted by Gasteiger charge is -2.42. The molecule has 2 atom stereocenters. The minimum Gasteiger partial charge on any atom is -0.485 e. The quantitative estimate of drug-likeness (QED) is 0.646. The van der Waals surface area contributed by atoms with E-state index in [1.54, 1.807) is 29.1 Å². The van der Waals surface area contributed by atoms with E-state index in [1.165, 1.54) is 0 Å². The van der Waals surface area contributed by atoms with Crippen molar-refractivity contribution in [2.45, 2.75) is 31.6 Å². The summed E-state index contributed by atoms with van der Waals surface area (Å²) in [5.74, 6) is 0.653. The maximum atomic E-state index is 11.1. The van der Waals surface area contributed by atoms with E-state index in [2.05, 4.69) is 9.94 Å². The largest absolute Gasteiger partial charge is 0.485 e. The summed E-state index contributed by atoms with van der Waals surface area (Å²) in [6.45, 7) is 11.0. The van der Waals surface area contributed by atoms with Crippen molar-refractivity contribution in [1.29, 1.82) is 0 Å². The van der Waals surface area contributed by atoms with Crippen molar-refractivity contribution in [3.05, 3.63) is 76.7 Å². The molecule has 27 heavy (non-hydrogen) atoms. The third-order valence-corrected chi connectivity index (χ3v) is 5.15. The Morgan fingerprint density at radius 1 is 1.19 bits per heavy atom. The first-order valence-corrected chi connectivity index (χ1v) is 8.96. The van der Waals surface area contributed by atoms with Crippen molar-refractivity contribution in [3.8, 4) is 17.0 Å². The standard InChI is InChI=1S/C21H18ClN3O2/c1-21(2)20(26)19(16-12-15(23-3)8-9-18(16)27-21)25-17(10-11-24-25)13-4-6-14(22)7-5-13/h4-12,19-20,26H,1-2H3/t19-,20+/m1/s1. The average Bonchev–Trinajstić information content (AvgIpc) is 3.12. The molecule has 0 radical (unpaired) electrons. The van der Waals surface area contributed by atoms with Crippen LogP contribution in [-0.4, -0.2) is 26.6 Å². The Morgan fingerprint density at radius 2 is 1.93 bits per heavy atom. The fourth-order valence-corrected chi connectivity index (χ4v) is 3.60. The van der Waals surface area contributed by atoms with Crippen LogP contribution in [0.2, 0.25) is 5.02 Å². The predicted octanol–water partition coefficient (Wildman–Crippen LogP) is 4.88. The second kappa shape index (κ2) is 6.41. The molecular formula is C21H18ClN3O2. The van der Waals surface area contributed by atoms with Crippen molar-refractivity contribution < 1.29 is 9.84 Å². The van der Waals surface area contributed by atoms with Gasteiger partial charge in [-0.2, -0.15) is 5.10 Å². The number of halogens is 1. The van der Waals surface area contributed by atoms with Gasteiger partial charge >= 0.3 is 0 Å². The number of aromatic nitrogens is 2. The van der Waals surface area contributed by atoms with Gasteiger partial charge in [0.05, 0.1) is 12.3 Å². The van der Waals surface area contributed by atoms with Crippen molar-refractivity contribution in [1.82, 2.24) is 9.78 Å². The highest BCUT2D eigenvalue weighted by molar-refractivity contribution is 6.30. The molecule has 4 rings (SSSR count). The number of nitrogens with zero attached hydrogens (tertiary/aromatic N) is 3. The number of ether oxygens (including phenoxy) is 1. The molecule has 1 N–H and O–H groups in total. The van der Waals surface area contributed by atoms with Crippen LogP contribution < -0.4 is 4.74 Å². The van der Waals surface area contributed by atoms with Crippen molar-refractivity contribution in [2.75, 3.05) is 0 Å². The summed E-state index contributed by atoms with van der Waals surface area (Å²) in [5, 5.41) is 16.3. The van der Waals surface area contributed by atoms with Crippen LogP contribution in [0, 0.1) is 6.57 Å². The van der Waals surface area contributed by atoms with Crippen LogP contribution in [0.5, 0.6) is 5.75 Å². The van der Waals surface area contributed by atoms with Crippen LogP contribution in [0.4, 0.5) is 5.69 Å². The molecule has 0 fully saturated rings. The zero-order valence-electron chi connectivity index (χ0n) is 14.9. The molecule has 0 aliphatic carbocycles. The lowest BCUT2D eigenvalue weighted by Crippen LogP contribution is -2.50. The molecule has 1 aromatic heterocycles. The van der Waals surface area contributed by atoms with Gasteiger partial charge in [0.15, 0.2) is 5.69 Å². The molecule has 2 aromatic carbocycles. The van der Waals surface area contributed by atoms with Gasteiger partial charge in [-0.1, -0.05) is 29.8 Å². The Balaban J connectivity index is 1.90. The van der Waals surface area contributed by atoms with Gasteiger partial charge in [-0.25, -0.2) is 4.85 Å². The Labute approximate surface area is 162 Å². The molecule has 1 aliphatic heterocycles. The molecule has 1 aliphatic rings. The summed E-state index contributed by atoms with van der Waals surface area (Å²) in [6, 6.07) is 14.2. The Kier molecular flexibility index (Phi) is 4.18. The van der Waals surface area contributed by atoms with Crippen LogP contribution in [0.3, 0.4) is 0 Å². The molecule has 2 heterocycles. The van der Waals surface area contributed by atoms with Gasteiger partial charge in [0, 0.05) is 16.8 Å². The van der Waals surface area contributed by atoms with Gasteiger partial charge in [0.25, 0.3) is 0 Å². The molecule has 136 valence electrons. The normalized spacial score (nSPS) is 20.4. The first-order valence-electron chi connectivity index (χ1n) is 8.58. The highest BCUT2D eigenvalue weighted by atomic mass is 35.5. The fourth-order valence-electron chi connectivity index (χ4n) is 3.47. The molecule has 0 bridgehead atoms. The predicted molar refractivity (Wildman–Crippen MR) is 104 cm³/mol. The number of aliphatic hydroxyl groups excluding tert-OH is 1. The summed E-state index contributed by atoms with van der Waals surface area (Å²) < 4.78 is 7.81. The Bertz CT molecular complexity index is 1030. The molecule has 0 amide bonds. The molecule has 3 aromatic rings. The zero-order valence-corrected chi connectivity index (χ0v) is 15.7. The minimum absolute atomic E-state index is 0.480. The molecular weight excluding hydrogens is 362 g/mol. The van der Waals surface area contributed by atoms with Gasteiger partial charge in [-0.15, -0.1) is 0 Å². The topological polar surface area (TPSA) is 51.6 Å². The van der Waals surface area contributed by atoms with Gasteiger partial charge in [-0.05, 0) is 49.7 Å². The van der Waals surface area contributed by atoms with Gasteiger partial charge in [-0.3, -0.25) is 4.68 Å². The van der Waals surface area contributed by atoms with Gasteiger partial charge < -0.3 is 9.84 Å². The summed E-state index contributed by atoms with van der Waals surface area (Å²) >= 11 is 6.02. The average molecular weight is 380 g/mol. The lowest BCUT2D eigenvalue weighted by molar-refractivity contribution is -0.0654. The maximum Gasteiger partial charge on any atom is 0.187 e. The van der Waals surface area contributed by atoms with Gasteiger partial charge in [0.2, 0.25) is 0 Å². The highest BCUT2D eigenvalue weighted by Gasteiger charge is 2.44. The monoisotopic (exact) mass is 379 g/mol. The molecule has 5 nitrogen and oxygen atoms in total. The summed E-state index contributed by atoms with van der Waals surface area (Å²) in [4.78, 5) is 3.51. The molecule has 0 spiro atoms. The van der Waals surface area contributed by atoms with E-state index < -0.39 is 17.7 Å². The third-order valence-electron chi connectivity index (χ3n) is 4.90. The second-order valence-electron chi connectivity index (χ2n) is 7.10. The lowest BCUT2D eigenvalue weighted by atomic mass is 9.86. The molecule has 0 saturated heterocycles. The van der Waals surface area contributed by atoms with Crippen LogP contribution >= 0.6 is 11.6 Å². The van der Waals surface area contributed by atoms with E-state index >= 15 is 0 Å². The summed E-state index contributed by atoms with van der Waals surface area (Å²) in [5.41, 5.74) is 2.23. The van der Waals surface area contributed by atoms with E-state index in [1.807, 2.05) is 44.2 Å². The van der Waals surface area contributed by atoms with Crippen LogP contribution in [0.15, 0.2) is 54.7 Å². The summed E-state index contributed by atoms with van der Waals surface area (Å²) in [6.07, 6.45) is 0.856. The third kappa shape index (κ3) is 2.97. The van der Waals surface area contributed by atoms with Crippen LogP contribution in [0.1, 0.15) is 25.5 Å². The van der Waals surface area contributed by atoms with E-state index in [9.17, 15) is 5.11 Å². The number of rotatable bonds is 2. The molecule has 6 heteroatoms. The van der Waals surface area contributed by atoms with Crippen molar-refractivity contribution >= 4 is 17.3 Å². The van der Waals surface area contributed by atoms with Crippen LogP contribution in [-0.2, 0) is 0 Å². The summed E-state index contributed by atoms with van der Waals surface area (Å²) in [7, 11) is 0. The SMILES string of the molecule is [C-]#[N+]c1ccc2c(c1)[C@@H](n1nccc1-c1ccc(Cl)cc1)[C@H](O)C(C)(C)O2. The zero-order chi connectivity index (χ0) is 19.2. The first-order chi connectivity index (χ1) is 12.9. The Morgan fingerprint density at radius 3 is 2.63 bits per heavy atom. The van der Waals surface area contributed by atoms with Gasteiger partial charge in [0.1, 0.15) is 23.5 Å². The fraction of sp³-hybridized carbons (Fsp3) is 0.238. The Hall–Kier alpha value is -2.81. The van der Waals surface area contributed by atoms with Crippen LogP contribution in [0.25, 0.3) is 16.1 Å². The smallest absolute Gasteiger partial charge is 0.187 e. The number of aliphatic hydroxyl groups is 1. The first kappa shape index (κ1) is 17.6. The number of fused-ring (bicyclic) bond motifs is 1. The minimum atomic E-state index is -0.850. The molecule has 0 saturated carbocycles. The van der Waals surface area contributed by atoms with Crippen molar-refractivity contribution in [2.24, 2.45) is 0 Å². The highest BCUT2D eigenvalue weighted by Crippen LogP contribution is 2.44. The van der Waals surface area contributed by atoms with E-state index in [0.29, 0.717) is 16.5 Å². The molecule has 0 unspecified atom stereocenters. The van der Waals surface area contributed by atoms with Crippen molar-refractivity contribution in [3.63, 3.8) is 0 Å². The van der Waals surface area contributed by atoms with E-state index in [4.69, 9.17) is 22.9 Å². The number of benzene rings is 2. The van der Waals surface area contributed by atoms with E-state index in [0.717, 1.165) is 16.8 Å². The second-order valence-corrected chi connectivity index (χ2v) is 7.53. The maximum absolute atomic E-state index is 11.1. The van der Waals surface area contributed by atoms with E-state index in [-0.39, 0.29) is 0 Å². The number of hydrogen-bond acceptors (Lipinski definition) is 3. The number of hydrogen-bond donors (Lipinski definition) is 1.